The van der Waals surface area contributed by atoms with E-state index < -0.39 is 11.9 Å². The van der Waals surface area contributed by atoms with E-state index in [1.54, 1.807) is 30.3 Å². The molecule has 0 aliphatic rings. The van der Waals surface area contributed by atoms with Crippen molar-refractivity contribution in [2.24, 2.45) is 5.10 Å². The van der Waals surface area contributed by atoms with Crippen molar-refractivity contribution in [1.82, 2.24) is 5.43 Å². The molecule has 0 saturated heterocycles. The number of nitrogens with one attached hydrogen (secondary N) is 1. The summed E-state index contributed by atoms with van der Waals surface area (Å²) in [5.74, 6) is 0.201. The molecule has 0 aliphatic carbocycles. The Hall–Kier alpha value is -1.96. The number of carbonyl (C=O) groups excluding carboxylic acids is 2. The molecule has 11 heteroatoms. The van der Waals surface area contributed by atoms with Crippen molar-refractivity contribution in [3.63, 3.8) is 0 Å². The molecule has 7 nitrogen and oxygen atoms in total. The lowest BCUT2D eigenvalue weighted by molar-refractivity contribution is -0.123. The van der Waals surface area contributed by atoms with Gasteiger partial charge in [-0.15, -0.1) is 0 Å². The van der Waals surface area contributed by atoms with Gasteiger partial charge >= 0.3 is 5.97 Å². The van der Waals surface area contributed by atoms with Crippen LogP contribution < -0.4 is 19.6 Å². The van der Waals surface area contributed by atoms with Crippen LogP contribution in [0.15, 0.2) is 73.1 Å². The van der Waals surface area contributed by atoms with Crippen molar-refractivity contribution in [2.75, 3.05) is 13.7 Å². The van der Waals surface area contributed by atoms with Gasteiger partial charge in [-0.25, -0.2) is 10.2 Å². The minimum Gasteiger partial charge on any atom is -0.493 e. The van der Waals surface area contributed by atoms with E-state index >= 15 is 0 Å². The first-order chi connectivity index (χ1) is 16.3. The van der Waals surface area contributed by atoms with Crippen LogP contribution in [-0.2, 0) is 4.79 Å². The van der Waals surface area contributed by atoms with Crippen molar-refractivity contribution < 1.29 is 23.8 Å². The fraction of sp³-hybridized carbons (Fsp3) is 0.0870. The molecule has 0 fully saturated rings. The van der Waals surface area contributed by atoms with E-state index in [0.717, 1.165) is 8.04 Å². The van der Waals surface area contributed by atoms with Crippen LogP contribution in [0.3, 0.4) is 0 Å². The molecular weight excluding hydrogens is 751 g/mol. The van der Waals surface area contributed by atoms with Crippen molar-refractivity contribution in [3.8, 4) is 17.2 Å². The topological polar surface area (TPSA) is 86.2 Å². The number of hydrogen-bond acceptors (Lipinski definition) is 6. The highest BCUT2D eigenvalue weighted by Gasteiger charge is 2.15. The summed E-state index contributed by atoms with van der Waals surface area (Å²) in [6.07, 6.45) is 1.44. The molecule has 3 aromatic rings. The Bertz CT molecular complexity index is 1230. The Balaban J connectivity index is 1.59. The van der Waals surface area contributed by atoms with E-state index in [9.17, 15) is 9.59 Å². The zero-order chi connectivity index (χ0) is 24.7. The Morgan fingerprint density at radius 3 is 2.41 bits per heavy atom. The number of benzene rings is 3. The standard InChI is InChI=1S/C23H16Br3IN2O5/c1-32-20-8-13(6-7-19(20)34-23(31)15-4-2-3-5-18(15)27)11-28-29-21(30)12-33-22-16(25)9-14(24)10-17(22)26/h2-11H,12H2,1H3,(H,29,30)/b28-11-. The van der Waals surface area contributed by atoms with Crippen LogP contribution in [0.2, 0.25) is 0 Å². The Kier molecular flexibility index (Phi) is 9.92. The third kappa shape index (κ3) is 7.27. The van der Waals surface area contributed by atoms with Gasteiger partial charge in [-0.1, -0.05) is 28.1 Å². The fourth-order valence-electron chi connectivity index (χ4n) is 2.65. The zero-order valence-corrected chi connectivity index (χ0v) is 24.4. The predicted molar refractivity (Wildman–Crippen MR) is 148 cm³/mol. The average molecular weight is 767 g/mol. The summed E-state index contributed by atoms with van der Waals surface area (Å²) in [7, 11) is 1.47. The summed E-state index contributed by atoms with van der Waals surface area (Å²) in [6.45, 7) is -0.229. The number of halogens is 4. The lowest BCUT2D eigenvalue weighted by atomic mass is 10.2. The van der Waals surface area contributed by atoms with Gasteiger partial charge in [0, 0.05) is 8.04 Å². The molecule has 0 bridgehead atoms. The molecule has 0 spiro atoms. The molecule has 3 aromatic carbocycles. The quantitative estimate of drug-likeness (QED) is 0.0953. The third-order valence-corrected chi connectivity index (χ3v) is 6.77. The predicted octanol–water partition coefficient (Wildman–Crippen LogP) is 6.34. The second-order valence-corrected chi connectivity index (χ2v) is 10.3. The number of amides is 1. The number of esters is 1. The molecule has 3 rings (SSSR count). The molecule has 1 amide bonds. The van der Waals surface area contributed by atoms with Crippen molar-refractivity contribution >= 4 is 88.5 Å². The Morgan fingerprint density at radius 2 is 1.74 bits per heavy atom. The van der Waals surface area contributed by atoms with Crippen molar-refractivity contribution in [2.45, 2.75) is 0 Å². The SMILES string of the molecule is COc1cc(/C=N\NC(=O)COc2c(Br)cc(Br)cc2Br)ccc1OC(=O)c1ccccc1I. The molecule has 0 radical (unpaired) electrons. The molecule has 0 saturated carbocycles. The second-order valence-electron chi connectivity index (χ2n) is 6.56. The lowest BCUT2D eigenvalue weighted by Crippen LogP contribution is -2.24. The molecule has 0 atom stereocenters. The van der Waals surface area contributed by atoms with Crippen LogP contribution >= 0.6 is 70.4 Å². The van der Waals surface area contributed by atoms with Crippen LogP contribution in [-0.4, -0.2) is 31.8 Å². The van der Waals surface area contributed by atoms with Gasteiger partial charge in [0.25, 0.3) is 5.91 Å². The molecule has 34 heavy (non-hydrogen) atoms. The number of ether oxygens (including phenoxy) is 3. The summed E-state index contributed by atoms with van der Waals surface area (Å²) in [4.78, 5) is 24.6. The summed E-state index contributed by atoms with van der Waals surface area (Å²) in [5, 5.41) is 3.94. The van der Waals surface area contributed by atoms with Crippen molar-refractivity contribution in [1.29, 1.82) is 0 Å². The first-order valence-electron chi connectivity index (χ1n) is 9.52. The fourth-order valence-corrected chi connectivity index (χ4v) is 5.74. The van der Waals surface area contributed by atoms with Gasteiger partial charge in [0.2, 0.25) is 0 Å². The van der Waals surface area contributed by atoms with Crippen LogP contribution in [0, 0.1) is 3.57 Å². The Labute approximate surface area is 234 Å². The molecule has 0 heterocycles. The number of nitrogens with zero attached hydrogens (tertiary/aromatic N) is 1. The average Bonchev–Trinajstić information content (AvgIpc) is 2.79. The van der Waals surface area contributed by atoms with E-state index in [0.29, 0.717) is 31.6 Å². The molecule has 176 valence electrons. The van der Waals surface area contributed by atoms with E-state index in [1.807, 2.05) is 24.3 Å². The minimum absolute atomic E-state index is 0.229. The number of hydrazone groups is 1. The summed E-state index contributed by atoms with van der Waals surface area (Å²) >= 11 is 12.2. The van der Waals surface area contributed by atoms with Gasteiger partial charge in [-0.05, 0) is 102 Å². The van der Waals surface area contributed by atoms with Crippen molar-refractivity contribution in [3.05, 3.63) is 82.7 Å². The maximum atomic E-state index is 12.5. The monoisotopic (exact) mass is 764 g/mol. The van der Waals surface area contributed by atoms with E-state index in [2.05, 4.69) is 80.9 Å². The van der Waals surface area contributed by atoms with Gasteiger partial charge in [0.1, 0.15) is 5.75 Å². The number of rotatable bonds is 8. The third-order valence-electron chi connectivity index (χ3n) is 4.20. The second kappa shape index (κ2) is 12.7. The molecule has 1 N–H and O–H groups in total. The number of hydrogen-bond donors (Lipinski definition) is 1. The molecule has 0 unspecified atom stereocenters. The smallest absolute Gasteiger partial charge is 0.344 e. The van der Waals surface area contributed by atoms with Crippen LogP contribution in [0.1, 0.15) is 15.9 Å². The summed E-state index contributed by atoms with van der Waals surface area (Å²) in [6, 6.07) is 15.7. The van der Waals surface area contributed by atoms with Gasteiger partial charge in [-0.3, -0.25) is 4.79 Å². The zero-order valence-electron chi connectivity index (χ0n) is 17.5. The van der Waals surface area contributed by atoms with Crippen LogP contribution in [0.4, 0.5) is 0 Å². The highest BCUT2D eigenvalue weighted by Crippen LogP contribution is 2.36. The first kappa shape index (κ1) is 26.6. The lowest BCUT2D eigenvalue weighted by Gasteiger charge is -2.11. The Morgan fingerprint density at radius 1 is 1.03 bits per heavy atom. The molecular formula is C23H16Br3IN2O5. The summed E-state index contributed by atoms with van der Waals surface area (Å²) < 4.78 is 19.4. The van der Waals surface area contributed by atoms with E-state index in [-0.39, 0.29) is 12.4 Å². The van der Waals surface area contributed by atoms with E-state index in [1.165, 1.54) is 13.3 Å². The molecule has 0 aromatic heterocycles. The van der Waals surface area contributed by atoms with Gasteiger partial charge in [0.15, 0.2) is 18.1 Å². The van der Waals surface area contributed by atoms with Crippen LogP contribution in [0.25, 0.3) is 0 Å². The molecule has 0 aliphatic heterocycles. The van der Waals surface area contributed by atoms with Gasteiger partial charge < -0.3 is 14.2 Å². The van der Waals surface area contributed by atoms with Gasteiger partial charge in [0.05, 0.1) is 27.8 Å². The van der Waals surface area contributed by atoms with E-state index in [4.69, 9.17) is 14.2 Å². The van der Waals surface area contributed by atoms with Crippen LogP contribution in [0.5, 0.6) is 17.2 Å². The number of methoxy groups -OCH3 is 1. The maximum Gasteiger partial charge on any atom is 0.344 e. The summed E-state index contributed by atoms with van der Waals surface area (Å²) in [5.41, 5.74) is 3.49. The highest BCUT2D eigenvalue weighted by molar-refractivity contribution is 14.1. The first-order valence-corrected chi connectivity index (χ1v) is 13.0. The van der Waals surface area contributed by atoms with Gasteiger partial charge in [-0.2, -0.15) is 5.10 Å². The maximum absolute atomic E-state index is 12.5. The highest BCUT2D eigenvalue weighted by atomic mass is 127. The largest absolute Gasteiger partial charge is 0.493 e. The normalized spacial score (nSPS) is 10.7. The number of carbonyl (C=O) groups is 2. The minimum atomic E-state index is -0.485.